The Labute approximate surface area is 496 Å². The van der Waals surface area contributed by atoms with Crippen molar-refractivity contribution in [2.24, 2.45) is 0 Å². The Morgan fingerprint density at radius 2 is 0.679 bits per heavy atom. The minimum Gasteiger partial charge on any atom is -0.477 e. The highest BCUT2D eigenvalue weighted by Crippen LogP contribution is 2.16. The van der Waals surface area contributed by atoms with Gasteiger partial charge in [0, 0.05) is 12.8 Å². The fraction of sp³-hybridized carbons (Fsp3) is 0.625. The Morgan fingerprint density at radius 1 is 0.370 bits per heavy atom. The van der Waals surface area contributed by atoms with E-state index in [9.17, 15) is 19.5 Å². The fourth-order valence-corrected chi connectivity index (χ4v) is 8.26. The molecular weight excluding hydrogens is 1010 g/mol. The first-order valence-corrected chi connectivity index (χ1v) is 32.0. The second-order valence-electron chi connectivity index (χ2n) is 22.0. The first-order valence-electron chi connectivity index (χ1n) is 32.0. The van der Waals surface area contributed by atoms with Crippen molar-refractivity contribution in [3.8, 4) is 0 Å². The number of esters is 2. The molecule has 0 spiro atoms. The number of ether oxygens (including phenoxy) is 4. The molecule has 0 aliphatic rings. The average molecular weight is 1130 g/mol. The maximum atomic E-state index is 12.9. The monoisotopic (exact) mass is 1120 g/mol. The lowest BCUT2D eigenvalue weighted by Gasteiger charge is -2.25. The minimum atomic E-state index is -1.53. The van der Waals surface area contributed by atoms with Crippen LogP contribution in [-0.4, -0.2) is 87.4 Å². The third-order valence-electron chi connectivity index (χ3n) is 13.1. The highest BCUT2D eigenvalue weighted by molar-refractivity contribution is 5.71. The first kappa shape index (κ1) is 76.2. The number of allylic oxidation sites excluding steroid dienone is 24. The third kappa shape index (κ3) is 62.6. The molecule has 0 saturated heterocycles. The molecular formula is C72H118NO8+. The molecule has 0 amide bonds. The number of carboxylic acid groups (broad SMARTS) is 1. The number of likely N-dealkylation sites (N-methyl/N-ethyl adjacent to an activating group) is 1. The summed E-state index contributed by atoms with van der Waals surface area (Å²) >= 11 is 0. The van der Waals surface area contributed by atoms with Crippen LogP contribution in [0.25, 0.3) is 0 Å². The lowest BCUT2D eigenvalue weighted by molar-refractivity contribution is -0.870. The van der Waals surface area contributed by atoms with Gasteiger partial charge in [0.1, 0.15) is 13.2 Å². The predicted molar refractivity (Wildman–Crippen MR) is 345 cm³/mol. The van der Waals surface area contributed by atoms with Crippen molar-refractivity contribution in [2.75, 3.05) is 47.5 Å². The van der Waals surface area contributed by atoms with E-state index < -0.39 is 24.3 Å². The Hall–Kier alpha value is -4.83. The van der Waals surface area contributed by atoms with Crippen molar-refractivity contribution in [3.05, 3.63) is 146 Å². The minimum absolute atomic E-state index is 0.170. The second kappa shape index (κ2) is 61.2. The van der Waals surface area contributed by atoms with E-state index in [1.165, 1.54) is 96.3 Å². The van der Waals surface area contributed by atoms with Gasteiger partial charge < -0.3 is 28.5 Å². The Balaban J connectivity index is 4.23. The molecule has 9 heteroatoms. The van der Waals surface area contributed by atoms with Gasteiger partial charge in [0.05, 0.1) is 34.4 Å². The molecule has 0 fully saturated rings. The van der Waals surface area contributed by atoms with Gasteiger partial charge in [-0.3, -0.25) is 9.59 Å². The first-order chi connectivity index (χ1) is 39.6. The molecule has 458 valence electrons. The van der Waals surface area contributed by atoms with Gasteiger partial charge in [-0.05, 0) is 109 Å². The van der Waals surface area contributed by atoms with Gasteiger partial charge in [-0.15, -0.1) is 0 Å². The van der Waals surface area contributed by atoms with Gasteiger partial charge in [0.25, 0.3) is 6.29 Å². The van der Waals surface area contributed by atoms with E-state index in [0.29, 0.717) is 23.9 Å². The summed E-state index contributed by atoms with van der Waals surface area (Å²) in [5.74, 6) is -2.10. The molecule has 2 atom stereocenters. The molecule has 0 radical (unpaired) electrons. The Kier molecular flexibility index (Phi) is 57.6. The molecule has 0 aromatic rings. The van der Waals surface area contributed by atoms with Gasteiger partial charge in [-0.1, -0.05) is 256 Å². The Bertz CT molecular complexity index is 1840. The van der Waals surface area contributed by atoms with Gasteiger partial charge in [-0.25, -0.2) is 4.79 Å². The number of carbonyl (C=O) groups excluding carboxylic acids is 2. The van der Waals surface area contributed by atoms with Crippen molar-refractivity contribution in [1.82, 2.24) is 0 Å². The summed E-state index contributed by atoms with van der Waals surface area (Å²) < 4.78 is 22.8. The van der Waals surface area contributed by atoms with Gasteiger partial charge >= 0.3 is 17.9 Å². The molecule has 0 saturated carbocycles. The zero-order chi connectivity index (χ0) is 59.1. The summed E-state index contributed by atoms with van der Waals surface area (Å²) in [5.41, 5.74) is 0. The molecule has 0 bridgehead atoms. The van der Waals surface area contributed by atoms with E-state index in [4.69, 9.17) is 18.9 Å². The van der Waals surface area contributed by atoms with Crippen molar-refractivity contribution < 1.29 is 42.9 Å². The number of hydrogen-bond donors (Lipinski definition) is 1. The van der Waals surface area contributed by atoms with Crippen LogP contribution in [0.1, 0.15) is 232 Å². The smallest absolute Gasteiger partial charge is 0.361 e. The zero-order valence-electron chi connectivity index (χ0n) is 52.1. The summed E-state index contributed by atoms with van der Waals surface area (Å²) in [6.07, 6.45) is 86.7. The van der Waals surface area contributed by atoms with E-state index in [1.54, 1.807) is 0 Å². The predicted octanol–water partition coefficient (Wildman–Crippen LogP) is 19.6. The highest BCUT2D eigenvalue weighted by atomic mass is 16.7. The number of nitrogens with zero attached hydrogens (tertiary/aromatic N) is 1. The van der Waals surface area contributed by atoms with Crippen LogP contribution in [-0.2, 0) is 33.3 Å². The average Bonchev–Trinajstić information content (AvgIpc) is 3.44. The largest absolute Gasteiger partial charge is 0.477 e. The van der Waals surface area contributed by atoms with E-state index >= 15 is 0 Å². The molecule has 1 N–H and O–H groups in total. The summed E-state index contributed by atoms with van der Waals surface area (Å²) in [6.45, 7) is 4.57. The van der Waals surface area contributed by atoms with Gasteiger partial charge in [0.15, 0.2) is 6.10 Å². The van der Waals surface area contributed by atoms with E-state index in [0.717, 1.165) is 96.3 Å². The lowest BCUT2D eigenvalue weighted by Crippen LogP contribution is -2.40. The fourth-order valence-electron chi connectivity index (χ4n) is 8.26. The summed E-state index contributed by atoms with van der Waals surface area (Å²) in [6, 6.07) is 0. The van der Waals surface area contributed by atoms with E-state index in [2.05, 4.69) is 160 Å². The van der Waals surface area contributed by atoms with Crippen molar-refractivity contribution in [3.63, 3.8) is 0 Å². The summed E-state index contributed by atoms with van der Waals surface area (Å²) in [4.78, 5) is 37.5. The molecule has 0 aromatic carbocycles. The number of unbranched alkanes of at least 4 members (excludes halogenated alkanes) is 18. The van der Waals surface area contributed by atoms with Gasteiger partial charge in [-0.2, -0.15) is 0 Å². The zero-order valence-corrected chi connectivity index (χ0v) is 52.1. The SMILES string of the molecule is CC/C=C\C/C=C\C/C=C\C/C=C\C/C=C\C/C=C\C/C=C\CCCC(=O)OC(COC(=O)CCCCCCCCCCCCCCCCCCC/C=C\C/C=C\C/C=C\C/C=C\C/C=C\CC)COC(OCC[N+](C)(C)C)C(=O)O. The summed E-state index contributed by atoms with van der Waals surface area (Å²) in [7, 11) is 5.94. The van der Waals surface area contributed by atoms with Crippen LogP contribution in [0.5, 0.6) is 0 Å². The molecule has 2 unspecified atom stereocenters. The number of hydrogen-bond acceptors (Lipinski definition) is 7. The number of rotatable bonds is 57. The van der Waals surface area contributed by atoms with Crippen LogP contribution in [0, 0.1) is 0 Å². The quantitative estimate of drug-likeness (QED) is 0.0211. The lowest BCUT2D eigenvalue weighted by atomic mass is 10.0. The molecule has 0 aliphatic heterocycles. The topological polar surface area (TPSA) is 108 Å². The van der Waals surface area contributed by atoms with Crippen LogP contribution >= 0.6 is 0 Å². The number of carboxylic acids is 1. The molecule has 81 heavy (non-hydrogen) atoms. The molecule has 0 aromatic heterocycles. The maximum Gasteiger partial charge on any atom is 0.361 e. The Morgan fingerprint density at radius 3 is 1.02 bits per heavy atom. The number of quaternary nitrogens is 1. The number of carbonyl (C=O) groups is 3. The van der Waals surface area contributed by atoms with Crippen LogP contribution < -0.4 is 0 Å². The van der Waals surface area contributed by atoms with Crippen LogP contribution in [0.2, 0.25) is 0 Å². The normalized spacial score (nSPS) is 13.7. The van der Waals surface area contributed by atoms with Crippen molar-refractivity contribution in [2.45, 2.75) is 245 Å². The standard InChI is InChI=1S/C72H117NO8/c1-6-8-10-12-14-16-18-20-22-24-26-28-30-31-32-33-34-35-36-37-38-39-41-42-44-46-48-50-52-54-56-58-60-62-69(74)79-66-68(67-80-72(71(76)77)78-65-64-73(3,4)5)81-70(75)63-61-59-57-55-53-51-49-47-45-43-40-29-27-25-23-21-19-17-15-13-11-9-7-2/h8-11,14-17,20-23,26-29,31-32,43,45,49,51,55,57,68,72H,6-7,12-13,18-19,24-25,30,33-42,44,46-48,50,52-54,56,58-67H2,1-5H3/p+1/b10-8-,11-9-,16-14-,17-15-,22-20-,23-21-,28-26-,29-27-,32-31-,45-43-,51-49-,57-55-. The van der Waals surface area contributed by atoms with Gasteiger partial charge in [0.2, 0.25) is 0 Å². The van der Waals surface area contributed by atoms with Crippen LogP contribution in [0.15, 0.2) is 146 Å². The van der Waals surface area contributed by atoms with Crippen LogP contribution in [0.4, 0.5) is 0 Å². The summed E-state index contributed by atoms with van der Waals surface area (Å²) in [5, 5.41) is 9.72. The molecule has 0 heterocycles. The second-order valence-corrected chi connectivity index (χ2v) is 22.0. The van der Waals surface area contributed by atoms with E-state index in [1.807, 2.05) is 21.1 Å². The molecule has 0 aliphatic carbocycles. The highest BCUT2D eigenvalue weighted by Gasteiger charge is 2.25. The van der Waals surface area contributed by atoms with E-state index in [-0.39, 0.29) is 38.6 Å². The molecule has 9 nitrogen and oxygen atoms in total. The maximum absolute atomic E-state index is 12.9. The molecule has 0 rings (SSSR count). The third-order valence-corrected chi connectivity index (χ3v) is 13.1. The van der Waals surface area contributed by atoms with Crippen molar-refractivity contribution in [1.29, 1.82) is 0 Å². The number of aliphatic carboxylic acids is 1. The van der Waals surface area contributed by atoms with Crippen molar-refractivity contribution >= 4 is 17.9 Å². The van der Waals surface area contributed by atoms with Crippen LogP contribution in [0.3, 0.4) is 0 Å².